The first-order chi connectivity index (χ1) is 17.2. The minimum Gasteiger partial charge on any atom is -0.493 e. The molecule has 7 nitrogen and oxygen atoms in total. The van der Waals surface area contributed by atoms with Crippen LogP contribution in [0.15, 0.2) is 41.3 Å². The van der Waals surface area contributed by atoms with Crippen molar-refractivity contribution < 1.29 is 17.9 Å². The Morgan fingerprint density at radius 1 is 1.00 bits per heavy atom. The summed E-state index contributed by atoms with van der Waals surface area (Å²) < 4.78 is 39.0. The number of likely N-dealkylation sites (tertiary alicyclic amines) is 1. The summed E-state index contributed by atoms with van der Waals surface area (Å²) in [6.45, 7) is 7.44. The Hall–Kier alpha value is -2.36. The normalized spacial score (nSPS) is 17.8. The van der Waals surface area contributed by atoms with Gasteiger partial charge in [0.25, 0.3) is 0 Å². The number of rotatable bonds is 7. The van der Waals surface area contributed by atoms with Crippen LogP contribution in [0.25, 0.3) is 0 Å². The van der Waals surface area contributed by atoms with Crippen LogP contribution < -0.4 is 14.8 Å². The first kappa shape index (κ1) is 26.7. The van der Waals surface area contributed by atoms with Gasteiger partial charge in [0.15, 0.2) is 16.6 Å². The molecule has 0 amide bonds. The lowest BCUT2D eigenvalue weighted by Gasteiger charge is -2.39. The minimum absolute atomic E-state index is 0.128. The number of thiocarbonyl (C=S) groups is 1. The van der Waals surface area contributed by atoms with Crippen LogP contribution in [-0.2, 0) is 16.4 Å². The molecule has 0 radical (unpaired) electrons. The second kappa shape index (κ2) is 10.9. The number of sulfonamides is 1. The van der Waals surface area contributed by atoms with Crippen LogP contribution in [0.1, 0.15) is 36.0 Å². The summed E-state index contributed by atoms with van der Waals surface area (Å²) in [6, 6.07) is 11.6. The SMILES string of the molecule is COc1ccc(CCNC(=S)N2CCC3(CCN(S(=O)(=O)c4cc(C)ccc4C)CC3)C2)cc1OC. The third-order valence-electron chi connectivity index (χ3n) is 7.61. The average molecular weight is 532 g/mol. The van der Waals surface area contributed by atoms with Crippen molar-refractivity contribution in [3.05, 3.63) is 53.1 Å². The largest absolute Gasteiger partial charge is 0.493 e. The number of nitrogens with zero attached hydrogens (tertiary/aromatic N) is 2. The summed E-state index contributed by atoms with van der Waals surface area (Å²) in [5.41, 5.74) is 3.05. The van der Waals surface area contributed by atoms with E-state index < -0.39 is 10.0 Å². The van der Waals surface area contributed by atoms with Crippen molar-refractivity contribution in [2.75, 3.05) is 46.9 Å². The Bertz CT molecular complexity index is 1210. The summed E-state index contributed by atoms with van der Waals surface area (Å²) in [5, 5.41) is 4.18. The second-order valence-electron chi connectivity index (χ2n) is 10.0. The summed E-state index contributed by atoms with van der Waals surface area (Å²) in [7, 11) is -0.201. The van der Waals surface area contributed by atoms with Gasteiger partial charge >= 0.3 is 0 Å². The number of hydrogen-bond donors (Lipinski definition) is 1. The van der Waals surface area contributed by atoms with Crippen molar-refractivity contribution in [3.8, 4) is 11.5 Å². The molecule has 1 N–H and O–H groups in total. The molecule has 0 bridgehead atoms. The molecule has 0 unspecified atom stereocenters. The molecule has 0 atom stereocenters. The van der Waals surface area contributed by atoms with Gasteiger partial charge in [-0.3, -0.25) is 0 Å². The molecule has 2 saturated heterocycles. The van der Waals surface area contributed by atoms with Crippen molar-refractivity contribution in [1.82, 2.24) is 14.5 Å². The third-order valence-corrected chi connectivity index (χ3v) is 10.1. The van der Waals surface area contributed by atoms with Crippen molar-refractivity contribution in [3.63, 3.8) is 0 Å². The van der Waals surface area contributed by atoms with Crippen molar-refractivity contribution in [2.24, 2.45) is 5.41 Å². The highest BCUT2D eigenvalue weighted by molar-refractivity contribution is 7.89. The maximum absolute atomic E-state index is 13.3. The van der Waals surface area contributed by atoms with Crippen LogP contribution in [-0.4, -0.2) is 69.7 Å². The highest BCUT2D eigenvalue weighted by Gasteiger charge is 2.43. The molecule has 2 heterocycles. The van der Waals surface area contributed by atoms with Gasteiger partial charge in [0.1, 0.15) is 0 Å². The lowest BCUT2D eigenvalue weighted by atomic mass is 9.78. The maximum atomic E-state index is 13.3. The zero-order valence-electron chi connectivity index (χ0n) is 21.7. The predicted molar refractivity (Wildman–Crippen MR) is 146 cm³/mol. The monoisotopic (exact) mass is 531 g/mol. The van der Waals surface area contributed by atoms with E-state index in [0.29, 0.717) is 18.0 Å². The molecule has 196 valence electrons. The summed E-state index contributed by atoms with van der Waals surface area (Å²) in [6.07, 6.45) is 3.59. The molecular weight excluding hydrogens is 494 g/mol. The van der Waals surface area contributed by atoms with Crippen LogP contribution in [0, 0.1) is 19.3 Å². The van der Waals surface area contributed by atoms with Crippen molar-refractivity contribution >= 4 is 27.4 Å². The number of nitrogens with one attached hydrogen (secondary N) is 1. The lowest BCUT2D eigenvalue weighted by molar-refractivity contribution is 0.166. The van der Waals surface area contributed by atoms with Gasteiger partial charge in [-0.2, -0.15) is 4.31 Å². The molecule has 2 aromatic rings. The quantitative estimate of drug-likeness (QED) is 0.543. The molecule has 2 aliphatic heterocycles. The molecule has 2 fully saturated rings. The maximum Gasteiger partial charge on any atom is 0.243 e. The topological polar surface area (TPSA) is 71.1 Å². The van der Waals surface area contributed by atoms with Crippen LogP contribution in [0.3, 0.4) is 0 Å². The molecule has 0 aromatic heterocycles. The zero-order valence-corrected chi connectivity index (χ0v) is 23.3. The van der Waals surface area contributed by atoms with Gasteiger partial charge in [0, 0.05) is 32.7 Å². The predicted octanol–water partition coefficient (Wildman–Crippen LogP) is 3.91. The van der Waals surface area contributed by atoms with E-state index in [0.717, 1.165) is 78.6 Å². The number of aryl methyl sites for hydroxylation is 2. The summed E-state index contributed by atoms with van der Waals surface area (Å²) in [4.78, 5) is 2.69. The molecule has 4 rings (SSSR count). The Kier molecular flexibility index (Phi) is 8.12. The number of benzene rings is 2. The number of methoxy groups -OCH3 is 2. The Morgan fingerprint density at radius 3 is 2.39 bits per heavy atom. The van der Waals surface area contributed by atoms with Crippen LogP contribution >= 0.6 is 12.2 Å². The van der Waals surface area contributed by atoms with Gasteiger partial charge < -0.3 is 19.7 Å². The first-order valence-electron chi connectivity index (χ1n) is 12.5. The van der Waals surface area contributed by atoms with Gasteiger partial charge in [-0.25, -0.2) is 8.42 Å². The highest BCUT2D eigenvalue weighted by atomic mass is 32.2. The summed E-state index contributed by atoms with van der Waals surface area (Å²) >= 11 is 5.71. The average Bonchev–Trinajstić information content (AvgIpc) is 3.28. The fourth-order valence-corrected chi connectivity index (χ4v) is 7.31. The third kappa shape index (κ3) is 5.63. The fraction of sp³-hybridized carbons (Fsp3) is 0.519. The van der Waals surface area contributed by atoms with E-state index in [9.17, 15) is 8.42 Å². The van der Waals surface area contributed by atoms with Crippen molar-refractivity contribution in [2.45, 2.75) is 44.4 Å². The van der Waals surface area contributed by atoms with E-state index >= 15 is 0 Å². The van der Waals surface area contributed by atoms with Crippen LogP contribution in [0.2, 0.25) is 0 Å². The lowest BCUT2D eigenvalue weighted by Crippen LogP contribution is -2.46. The number of piperidine rings is 1. The molecular formula is C27H37N3O4S2. The smallest absolute Gasteiger partial charge is 0.243 e. The molecule has 0 saturated carbocycles. The molecule has 1 spiro atoms. The molecule has 36 heavy (non-hydrogen) atoms. The van der Waals surface area contributed by atoms with E-state index in [2.05, 4.69) is 10.2 Å². The zero-order chi connectivity index (χ0) is 25.9. The van der Waals surface area contributed by atoms with E-state index in [1.807, 2.05) is 44.2 Å². The van der Waals surface area contributed by atoms with Gasteiger partial charge in [-0.15, -0.1) is 0 Å². The Balaban J connectivity index is 1.29. The van der Waals surface area contributed by atoms with Crippen LogP contribution in [0.4, 0.5) is 0 Å². The van der Waals surface area contributed by atoms with Gasteiger partial charge in [0.05, 0.1) is 19.1 Å². The minimum atomic E-state index is -3.47. The second-order valence-corrected chi connectivity index (χ2v) is 12.3. The summed E-state index contributed by atoms with van der Waals surface area (Å²) in [5.74, 6) is 1.45. The fourth-order valence-electron chi connectivity index (χ4n) is 5.30. The van der Waals surface area contributed by atoms with E-state index in [-0.39, 0.29) is 5.41 Å². The Labute approximate surface area is 220 Å². The number of ether oxygens (including phenoxy) is 2. The first-order valence-corrected chi connectivity index (χ1v) is 14.3. The highest BCUT2D eigenvalue weighted by Crippen LogP contribution is 2.41. The molecule has 0 aliphatic carbocycles. The van der Waals surface area contributed by atoms with Crippen molar-refractivity contribution in [1.29, 1.82) is 0 Å². The van der Waals surface area contributed by atoms with E-state index in [1.165, 1.54) is 0 Å². The molecule has 2 aromatic carbocycles. The standard InChI is InChI=1S/C27H37N3O4S2/c1-20-5-6-21(2)25(17-20)36(31,32)30-15-11-27(12-16-30)10-14-29(19-27)26(35)28-13-9-22-7-8-23(33-3)24(18-22)34-4/h5-8,17-18H,9-16,19H2,1-4H3,(H,28,35). The molecule has 9 heteroatoms. The van der Waals surface area contributed by atoms with Gasteiger partial charge in [0.2, 0.25) is 10.0 Å². The Morgan fingerprint density at radius 2 is 1.69 bits per heavy atom. The van der Waals surface area contributed by atoms with Crippen LogP contribution in [0.5, 0.6) is 11.5 Å². The van der Waals surface area contributed by atoms with Gasteiger partial charge in [-0.1, -0.05) is 18.2 Å². The molecule has 2 aliphatic rings. The van der Waals surface area contributed by atoms with E-state index in [4.69, 9.17) is 21.7 Å². The number of hydrogen-bond acceptors (Lipinski definition) is 5. The van der Waals surface area contributed by atoms with E-state index in [1.54, 1.807) is 24.6 Å². The van der Waals surface area contributed by atoms with Gasteiger partial charge in [-0.05, 0) is 92.1 Å².